The SMILES string of the molecule is Nc1c(Cl)cc(C(=O)NCC(O)C(=O)O)cc1Cl. The summed E-state index contributed by atoms with van der Waals surface area (Å²) in [5, 5.41) is 19.9. The van der Waals surface area contributed by atoms with Crippen LogP contribution in [-0.4, -0.2) is 34.7 Å². The maximum absolute atomic E-state index is 11.6. The number of hydrogen-bond donors (Lipinski definition) is 4. The molecule has 5 N–H and O–H groups in total. The number of rotatable bonds is 4. The number of carbonyl (C=O) groups excluding carboxylic acids is 1. The molecule has 1 atom stereocenters. The van der Waals surface area contributed by atoms with Gasteiger partial charge in [-0.2, -0.15) is 0 Å². The molecule has 1 unspecified atom stereocenters. The van der Waals surface area contributed by atoms with Gasteiger partial charge in [0.25, 0.3) is 5.91 Å². The number of carboxylic acids is 1. The summed E-state index contributed by atoms with van der Waals surface area (Å²) < 4.78 is 0. The second-order valence-electron chi connectivity index (χ2n) is 3.42. The minimum Gasteiger partial charge on any atom is -0.479 e. The van der Waals surface area contributed by atoms with Gasteiger partial charge in [-0.05, 0) is 12.1 Å². The van der Waals surface area contributed by atoms with Gasteiger partial charge in [-0.25, -0.2) is 4.79 Å². The van der Waals surface area contributed by atoms with Gasteiger partial charge in [0.05, 0.1) is 22.3 Å². The zero-order valence-corrected chi connectivity index (χ0v) is 10.5. The van der Waals surface area contributed by atoms with E-state index in [0.717, 1.165) is 0 Å². The number of carbonyl (C=O) groups is 2. The molecule has 18 heavy (non-hydrogen) atoms. The van der Waals surface area contributed by atoms with Gasteiger partial charge in [0.2, 0.25) is 0 Å². The van der Waals surface area contributed by atoms with Crippen molar-refractivity contribution >= 4 is 40.8 Å². The predicted molar refractivity (Wildman–Crippen MR) is 66.9 cm³/mol. The van der Waals surface area contributed by atoms with E-state index in [4.69, 9.17) is 39.1 Å². The number of halogens is 2. The van der Waals surface area contributed by atoms with Crippen LogP contribution >= 0.6 is 23.2 Å². The number of aliphatic hydroxyl groups is 1. The van der Waals surface area contributed by atoms with Gasteiger partial charge < -0.3 is 21.3 Å². The lowest BCUT2D eigenvalue weighted by atomic mass is 10.2. The molecule has 0 spiro atoms. The molecule has 1 rings (SSSR count). The quantitative estimate of drug-likeness (QED) is 0.612. The van der Waals surface area contributed by atoms with Gasteiger partial charge in [0, 0.05) is 5.56 Å². The minimum atomic E-state index is -1.67. The van der Waals surface area contributed by atoms with E-state index in [1.54, 1.807) is 0 Å². The third-order valence-electron chi connectivity index (χ3n) is 2.08. The highest BCUT2D eigenvalue weighted by Gasteiger charge is 2.16. The maximum Gasteiger partial charge on any atom is 0.334 e. The van der Waals surface area contributed by atoms with Gasteiger partial charge in [-0.15, -0.1) is 0 Å². The summed E-state index contributed by atoms with van der Waals surface area (Å²) in [4.78, 5) is 22.0. The summed E-state index contributed by atoms with van der Waals surface area (Å²) in [6, 6.07) is 2.59. The molecule has 0 saturated heterocycles. The van der Waals surface area contributed by atoms with Crippen molar-refractivity contribution in [2.24, 2.45) is 0 Å². The molecule has 8 heteroatoms. The fraction of sp³-hybridized carbons (Fsp3) is 0.200. The largest absolute Gasteiger partial charge is 0.479 e. The molecule has 0 aliphatic heterocycles. The molecule has 0 bridgehead atoms. The predicted octanol–water partition coefficient (Wildman–Crippen LogP) is 0.751. The van der Waals surface area contributed by atoms with Crippen molar-refractivity contribution in [3.05, 3.63) is 27.7 Å². The van der Waals surface area contributed by atoms with E-state index >= 15 is 0 Å². The van der Waals surface area contributed by atoms with Crippen LogP contribution in [0.4, 0.5) is 5.69 Å². The second kappa shape index (κ2) is 5.90. The van der Waals surface area contributed by atoms with Gasteiger partial charge >= 0.3 is 5.97 Å². The number of hydrogen-bond acceptors (Lipinski definition) is 4. The molecule has 1 amide bonds. The van der Waals surface area contributed by atoms with Crippen LogP contribution in [0.5, 0.6) is 0 Å². The summed E-state index contributed by atoms with van der Waals surface area (Å²) in [6.07, 6.45) is -1.67. The van der Waals surface area contributed by atoms with E-state index in [2.05, 4.69) is 5.32 Å². The number of nitrogen functional groups attached to an aromatic ring is 1. The highest BCUT2D eigenvalue weighted by atomic mass is 35.5. The normalized spacial score (nSPS) is 11.9. The molecular formula is C10H10Cl2N2O4. The molecule has 0 heterocycles. The molecule has 0 aliphatic carbocycles. The topological polar surface area (TPSA) is 113 Å². The van der Waals surface area contributed by atoms with Crippen molar-refractivity contribution in [1.29, 1.82) is 0 Å². The highest BCUT2D eigenvalue weighted by Crippen LogP contribution is 2.28. The van der Waals surface area contributed by atoms with Crippen molar-refractivity contribution in [2.45, 2.75) is 6.10 Å². The maximum atomic E-state index is 11.6. The fourth-order valence-corrected chi connectivity index (χ4v) is 1.58. The van der Waals surface area contributed by atoms with Gasteiger partial charge in [-0.1, -0.05) is 23.2 Å². The van der Waals surface area contributed by atoms with Crippen LogP contribution in [0.3, 0.4) is 0 Å². The lowest BCUT2D eigenvalue weighted by molar-refractivity contribution is -0.146. The van der Waals surface area contributed by atoms with Crippen LogP contribution in [0.25, 0.3) is 0 Å². The van der Waals surface area contributed by atoms with Crippen molar-refractivity contribution in [3.8, 4) is 0 Å². The molecule has 6 nitrogen and oxygen atoms in total. The molecule has 0 radical (unpaired) electrons. The Morgan fingerprint density at radius 1 is 1.33 bits per heavy atom. The van der Waals surface area contributed by atoms with E-state index < -0.39 is 24.5 Å². The number of aliphatic hydroxyl groups excluding tert-OH is 1. The van der Waals surface area contributed by atoms with Crippen LogP contribution in [-0.2, 0) is 4.79 Å². The third kappa shape index (κ3) is 3.49. The minimum absolute atomic E-state index is 0.117. The monoisotopic (exact) mass is 292 g/mol. The lowest BCUT2D eigenvalue weighted by Gasteiger charge is -2.09. The molecule has 0 saturated carbocycles. The van der Waals surface area contributed by atoms with E-state index in [1.165, 1.54) is 12.1 Å². The van der Waals surface area contributed by atoms with Crippen molar-refractivity contribution < 1.29 is 19.8 Å². The summed E-state index contributed by atoms with van der Waals surface area (Å²) in [5.41, 5.74) is 5.77. The first kappa shape index (κ1) is 14.6. The Labute approximate surface area is 112 Å². The fourth-order valence-electron chi connectivity index (χ4n) is 1.09. The summed E-state index contributed by atoms with van der Waals surface area (Å²) in [6.45, 7) is -0.423. The average molecular weight is 293 g/mol. The standard InChI is InChI=1S/C10H10Cl2N2O4/c11-5-1-4(2-6(12)8(5)13)9(16)14-3-7(15)10(17)18/h1-2,7,15H,3,13H2,(H,14,16)(H,17,18). The Hall–Kier alpha value is -1.50. The van der Waals surface area contributed by atoms with Crippen molar-refractivity contribution in [2.75, 3.05) is 12.3 Å². The van der Waals surface area contributed by atoms with Crippen molar-refractivity contribution in [1.82, 2.24) is 5.32 Å². The Bertz CT molecular complexity index is 470. The van der Waals surface area contributed by atoms with Gasteiger partial charge in [0.1, 0.15) is 0 Å². The number of aliphatic carboxylic acids is 1. The second-order valence-corrected chi connectivity index (χ2v) is 4.23. The van der Waals surface area contributed by atoms with Crippen LogP contribution in [0, 0.1) is 0 Å². The van der Waals surface area contributed by atoms with Crippen molar-refractivity contribution in [3.63, 3.8) is 0 Å². The summed E-state index contributed by atoms with van der Waals surface area (Å²) in [7, 11) is 0. The molecule has 98 valence electrons. The number of anilines is 1. The van der Waals surface area contributed by atoms with Crippen LogP contribution in [0.1, 0.15) is 10.4 Å². The van der Waals surface area contributed by atoms with Crippen LogP contribution in [0.2, 0.25) is 10.0 Å². The molecule has 0 aliphatic rings. The molecule has 1 aromatic carbocycles. The molecule has 0 aromatic heterocycles. The number of amides is 1. The van der Waals surface area contributed by atoms with E-state index in [9.17, 15) is 9.59 Å². The molecule has 1 aromatic rings. The summed E-state index contributed by atoms with van der Waals surface area (Å²) >= 11 is 11.5. The van der Waals surface area contributed by atoms with Gasteiger partial charge in [0.15, 0.2) is 6.10 Å². The first-order valence-corrected chi connectivity index (χ1v) is 5.52. The smallest absolute Gasteiger partial charge is 0.334 e. The Morgan fingerprint density at radius 2 is 1.83 bits per heavy atom. The zero-order chi connectivity index (χ0) is 13.9. The average Bonchev–Trinajstić information content (AvgIpc) is 2.31. The Morgan fingerprint density at radius 3 is 2.28 bits per heavy atom. The number of carboxylic acid groups (broad SMARTS) is 1. The lowest BCUT2D eigenvalue weighted by Crippen LogP contribution is -2.36. The third-order valence-corrected chi connectivity index (χ3v) is 2.71. The zero-order valence-electron chi connectivity index (χ0n) is 8.98. The number of nitrogens with two attached hydrogens (primary N) is 1. The summed E-state index contributed by atoms with van der Waals surface area (Å²) in [5.74, 6) is -2.04. The van der Waals surface area contributed by atoms with Crippen LogP contribution in [0.15, 0.2) is 12.1 Å². The molecule has 0 fully saturated rings. The Kier molecular flexibility index (Phi) is 4.77. The number of benzene rings is 1. The first-order valence-electron chi connectivity index (χ1n) is 4.76. The van der Waals surface area contributed by atoms with Gasteiger partial charge in [-0.3, -0.25) is 4.79 Å². The van der Waals surface area contributed by atoms with E-state index in [0.29, 0.717) is 0 Å². The highest BCUT2D eigenvalue weighted by molar-refractivity contribution is 6.39. The first-order chi connectivity index (χ1) is 8.32. The van der Waals surface area contributed by atoms with E-state index in [1.807, 2.05) is 0 Å². The van der Waals surface area contributed by atoms with E-state index in [-0.39, 0.29) is 21.3 Å². The molecular weight excluding hydrogens is 283 g/mol. The van der Waals surface area contributed by atoms with Crippen LogP contribution < -0.4 is 11.1 Å². The Balaban J connectivity index is 2.76. The number of nitrogens with one attached hydrogen (secondary N) is 1.